The number of benzene rings is 1. The third-order valence-electron chi connectivity index (χ3n) is 5.96. The molecular formula is C24H34N2O3. The molecule has 1 fully saturated rings. The summed E-state index contributed by atoms with van der Waals surface area (Å²) in [7, 11) is 1.89. The standard InChI is InChI=1S/C24H34N2O3/c1-5-6-10-22-20(19-9-7-8-11-21(19)29-22)16-25(4)24(28)18-12-14-26(15-13-18)23(27)17(2)3/h7-9,11,17-18H,5-6,10,12-16H2,1-4H3. The smallest absolute Gasteiger partial charge is 0.225 e. The van der Waals surface area contributed by atoms with Crippen molar-refractivity contribution < 1.29 is 14.0 Å². The van der Waals surface area contributed by atoms with E-state index in [0.717, 1.165) is 54.4 Å². The number of hydrogen-bond donors (Lipinski definition) is 0. The zero-order chi connectivity index (χ0) is 21.0. The van der Waals surface area contributed by atoms with E-state index >= 15 is 0 Å². The quantitative estimate of drug-likeness (QED) is 0.683. The molecule has 2 heterocycles. The first-order valence-electron chi connectivity index (χ1n) is 10.9. The normalized spacial score (nSPS) is 15.3. The summed E-state index contributed by atoms with van der Waals surface area (Å²) >= 11 is 0. The highest BCUT2D eigenvalue weighted by Gasteiger charge is 2.30. The Bertz CT molecular complexity index is 847. The van der Waals surface area contributed by atoms with Gasteiger partial charge in [0.1, 0.15) is 11.3 Å². The molecule has 0 aliphatic carbocycles. The maximum Gasteiger partial charge on any atom is 0.225 e. The summed E-state index contributed by atoms with van der Waals surface area (Å²) in [5.74, 6) is 1.38. The monoisotopic (exact) mass is 398 g/mol. The fraction of sp³-hybridized carbons (Fsp3) is 0.583. The highest BCUT2D eigenvalue weighted by atomic mass is 16.3. The molecule has 0 atom stereocenters. The molecule has 0 unspecified atom stereocenters. The predicted molar refractivity (Wildman–Crippen MR) is 115 cm³/mol. The number of para-hydroxylation sites is 1. The molecule has 5 nitrogen and oxygen atoms in total. The Kier molecular flexibility index (Phi) is 6.99. The Balaban J connectivity index is 1.68. The van der Waals surface area contributed by atoms with Crippen LogP contribution in [0.2, 0.25) is 0 Å². The summed E-state index contributed by atoms with van der Waals surface area (Å²) in [6.45, 7) is 7.96. The third kappa shape index (κ3) is 4.82. The number of piperidine rings is 1. The van der Waals surface area contributed by atoms with Crippen LogP contribution < -0.4 is 0 Å². The van der Waals surface area contributed by atoms with Crippen molar-refractivity contribution in [3.8, 4) is 0 Å². The van der Waals surface area contributed by atoms with E-state index in [1.807, 2.05) is 48.9 Å². The maximum atomic E-state index is 13.1. The van der Waals surface area contributed by atoms with Crippen LogP contribution >= 0.6 is 0 Å². The van der Waals surface area contributed by atoms with Crippen molar-refractivity contribution in [2.24, 2.45) is 11.8 Å². The van der Waals surface area contributed by atoms with Gasteiger partial charge in [0.2, 0.25) is 11.8 Å². The van der Waals surface area contributed by atoms with E-state index in [4.69, 9.17) is 4.42 Å². The van der Waals surface area contributed by atoms with Gasteiger partial charge >= 0.3 is 0 Å². The van der Waals surface area contributed by atoms with Crippen molar-refractivity contribution in [1.82, 2.24) is 9.80 Å². The second-order valence-electron chi connectivity index (χ2n) is 8.55. The molecule has 158 valence electrons. The molecule has 0 spiro atoms. The second-order valence-corrected chi connectivity index (χ2v) is 8.55. The van der Waals surface area contributed by atoms with Crippen molar-refractivity contribution in [3.05, 3.63) is 35.6 Å². The molecule has 1 saturated heterocycles. The van der Waals surface area contributed by atoms with Crippen LogP contribution in [0.1, 0.15) is 57.8 Å². The molecule has 1 aromatic carbocycles. The molecule has 0 N–H and O–H groups in total. The van der Waals surface area contributed by atoms with Crippen LogP contribution in [-0.2, 0) is 22.6 Å². The van der Waals surface area contributed by atoms with Gasteiger partial charge in [-0.15, -0.1) is 0 Å². The van der Waals surface area contributed by atoms with Gasteiger partial charge in [-0.1, -0.05) is 45.4 Å². The van der Waals surface area contributed by atoms with Gasteiger partial charge in [0.05, 0.1) is 0 Å². The van der Waals surface area contributed by atoms with Crippen LogP contribution in [0.4, 0.5) is 0 Å². The molecule has 5 heteroatoms. The van der Waals surface area contributed by atoms with Crippen molar-refractivity contribution >= 4 is 22.8 Å². The minimum absolute atomic E-state index is 0.00605. The van der Waals surface area contributed by atoms with Gasteiger partial charge in [0.25, 0.3) is 0 Å². The molecule has 0 radical (unpaired) electrons. The summed E-state index contributed by atoms with van der Waals surface area (Å²) < 4.78 is 6.11. The van der Waals surface area contributed by atoms with Crippen LogP contribution in [0.15, 0.2) is 28.7 Å². The average Bonchev–Trinajstić information content (AvgIpc) is 3.08. The first kappa shape index (κ1) is 21.4. The van der Waals surface area contributed by atoms with Gasteiger partial charge in [0, 0.05) is 55.9 Å². The third-order valence-corrected chi connectivity index (χ3v) is 5.96. The topological polar surface area (TPSA) is 53.8 Å². The van der Waals surface area contributed by atoms with E-state index in [0.29, 0.717) is 19.6 Å². The number of carbonyl (C=O) groups is 2. The number of furan rings is 1. The van der Waals surface area contributed by atoms with Crippen molar-refractivity contribution in [2.45, 2.75) is 59.4 Å². The Morgan fingerprint density at radius 3 is 2.55 bits per heavy atom. The van der Waals surface area contributed by atoms with Crippen LogP contribution in [0, 0.1) is 11.8 Å². The highest BCUT2D eigenvalue weighted by molar-refractivity contribution is 5.84. The lowest BCUT2D eigenvalue weighted by atomic mass is 9.94. The second kappa shape index (κ2) is 9.47. The molecule has 2 aromatic rings. The van der Waals surface area contributed by atoms with E-state index in [1.165, 1.54) is 0 Å². The number of rotatable bonds is 7. The van der Waals surface area contributed by atoms with Gasteiger partial charge < -0.3 is 14.2 Å². The zero-order valence-electron chi connectivity index (χ0n) is 18.2. The Morgan fingerprint density at radius 2 is 1.90 bits per heavy atom. The van der Waals surface area contributed by atoms with Crippen LogP contribution in [-0.4, -0.2) is 41.8 Å². The largest absolute Gasteiger partial charge is 0.461 e. The number of amides is 2. The lowest BCUT2D eigenvalue weighted by Gasteiger charge is -2.34. The van der Waals surface area contributed by atoms with Gasteiger partial charge in [-0.2, -0.15) is 0 Å². The fourth-order valence-electron chi connectivity index (χ4n) is 4.20. The molecular weight excluding hydrogens is 364 g/mol. The molecule has 29 heavy (non-hydrogen) atoms. The number of aryl methyl sites for hydroxylation is 1. The fourth-order valence-corrected chi connectivity index (χ4v) is 4.20. The first-order valence-corrected chi connectivity index (χ1v) is 10.9. The van der Waals surface area contributed by atoms with Gasteiger partial charge in [-0.05, 0) is 25.3 Å². The SMILES string of the molecule is CCCCc1oc2ccccc2c1CN(C)C(=O)C1CCN(C(=O)C(C)C)CC1. The summed E-state index contributed by atoms with van der Waals surface area (Å²) in [6, 6.07) is 8.09. The van der Waals surface area contributed by atoms with Gasteiger partial charge in [-0.3, -0.25) is 9.59 Å². The molecule has 3 rings (SSSR count). The molecule has 0 saturated carbocycles. The van der Waals surface area contributed by atoms with Crippen LogP contribution in [0.3, 0.4) is 0 Å². The van der Waals surface area contributed by atoms with Crippen molar-refractivity contribution in [2.75, 3.05) is 20.1 Å². The molecule has 2 amide bonds. The van der Waals surface area contributed by atoms with E-state index < -0.39 is 0 Å². The number of likely N-dealkylation sites (tertiary alicyclic amines) is 1. The minimum Gasteiger partial charge on any atom is -0.461 e. The number of hydrogen-bond acceptors (Lipinski definition) is 3. The number of unbranched alkanes of at least 4 members (excludes halogenated alkanes) is 1. The Morgan fingerprint density at radius 1 is 1.21 bits per heavy atom. The summed E-state index contributed by atoms with van der Waals surface area (Å²) in [5, 5.41) is 1.11. The number of carbonyl (C=O) groups excluding carboxylic acids is 2. The van der Waals surface area contributed by atoms with Crippen LogP contribution in [0.5, 0.6) is 0 Å². The van der Waals surface area contributed by atoms with Crippen molar-refractivity contribution in [1.29, 1.82) is 0 Å². The average molecular weight is 399 g/mol. The van der Waals surface area contributed by atoms with Gasteiger partial charge in [0.15, 0.2) is 0 Å². The molecule has 0 bridgehead atoms. The highest BCUT2D eigenvalue weighted by Crippen LogP contribution is 2.29. The van der Waals surface area contributed by atoms with E-state index in [-0.39, 0.29) is 23.7 Å². The van der Waals surface area contributed by atoms with Crippen molar-refractivity contribution in [3.63, 3.8) is 0 Å². The van der Waals surface area contributed by atoms with E-state index in [1.54, 1.807) is 0 Å². The number of fused-ring (bicyclic) bond motifs is 1. The number of nitrogens with zero attached hydrogens (tertiary/aromatic N) is 2. The molecule has 1 aromatic heterocycles. The Hall–Kier alpha value is -2.30. The Labute approximate surface area is 174 Å². The summed E-state index contributed by atoms with van der Waals surface area (Å²) in [5.41, 5.74) is 2.03. The molecule has 1 aliphatic rings. The zero-order valence-corrected chi connectivity index (χ0v) is 18.2. The predicted octanol–water partition coefficient (Wildman–Crippen LogP) is 4.63. The van der Waals surface area contributed by atoms with Crippen LogP contribution in [0.25, 0.3) is 11.0 Å². The lowest BCUT2D eigenvalue weighted by molar-refractivity contribution is -0.141. The summed E-state index contributed by atoms with van der Waals surface area (Å²) in [4.78, 5) is 29.0. The van der Waals surface area contributed by atoms with E-state index in [2.05, 4.69) is 13.0 Å². The first-order chi connectivity index (χ1) is 13.9. The van der Waals surface area contributed by atoms with Gasteiger partial charge in [-0.25, -0.2) is 0 Å². The lowest BCUT2D eigenvalue weighted by Crippen LogP contribution is -2.44. The minimum atomic E-state index is -0.00605. The maximum absolute atomic E-state index is 13.1. The van der Waals surface area contributed by atoms with E-state index in [9.17, 15) is 9.59 Å². The molecule has 1 aliphatic heterocycles. The summed E-state index contributed by atoms with van der Waals surface area (Å²) in [6.07, 6.45) is 4.58.